The van der Waals surface area contributed by atoms with Gasteiger partial charge >= 0.3 is 5.97 Å². The zero-order chi connectivity index (χ0) is 20.8. The van der Waals surface area contributed by atoms with Crippen LogP contribution in [-0.2, 0) is 11.3 Å². The van der Waals surface area contributed by atoms with Crippen LogP contribution in [0.4, 0.5) is 5.69 Å². The van der Waals surface area contributed by atoms with E-state index >= 15 is 0 Å². The molecule has 0 saturated carbocycles. The lowest BCUT2D eigenvalue weighted by Gasteiger charge is -2.31. The number of rotatable bonds is 7. The van der Waals surface area contributed by atoms with Crippen LogP contribution in [0.2, 0.25) is 0 Å². The van der Waals surface area contributed by atoms with Crippen molar-refractivity contribution in [2.24, 2.45) is 5.92 Å². The van der Waals surface area contributed by atoms with Crippen molar-refractivity contribution in [1.29, 1.82) is 0 Å². The molecule has 0 unspecified atom stereocenters. The molecule has 0 bridgehead atoms. The lowest BCUT2D eigenvalue weighted by atomic mass is 9.95. The number of nitrogens with zero attached hydrogens (tertiary/aromatic N) is 1. The van der Waals surface area contributed by atoms with E-state index in [1.54, 1.807) is 0 Å². The third-order valence-electron chi connectivity index (χ3n) is 5.19. The first-order chi connectivity index (χ1) is 14.0. The Morgan fingerprint density at radius 2 is 1.79 bits per heavy atom. The van der Waals surface area contributed by atoms with Gasteiger partial charge in [-0.05, 0) is 43.6 Å². The quantitative estimate of drug-likeness (QED) is 0.744. The lowest BCUT2D eigenvalue weighted by Crippen LogP contribution is -2.37. The number of hydrogen-bond donors (Lipinski definition) is 2. The molecule has 0 aromatic heterocycles. The van der Waals surface area contributed by atoms with Crippen molar-refractivity contribution in [3.63, 3.8) is 0 Å². The summed E-state index contributed by atoms with van der Waals surface area (Å²) in [5.74, 6) is -0.790. The van der Waals surface area contributed by atoms with Gasteiger partial charge in [-0.15, -0.1) is 0 Å². The maximum absolute atomic E-state index is 12.8. The number of aromatic carboxylic acids is 1. The molecule has 0 spiro atoms. The minimum atomic E-state index is -1.10. The van der Waals surface area contributed by atoms with Crippen LogP contribution in [0.1, 0.15) is 28.8 Å². The van der Waals surface area contributed by atoms with Crippen molar-refractivity contribution < 1.29 is 24.2 Å². The summed E-state index contributed by atoms with van der Waals surface area (Å²) in [6.45, 7) is 2.55. The standard InChI is InChI=1S/C22H26N2O5/c1-28-19-13-17(22(26)27)12-18(20(19)29-2)23-21(25)16-8-10-24(11-9-16)14-15-6-4-3-5-7-15/h3-7,12-13,16H,8-11,14H2,1-2H3,(H,23,25)(H,26,27). The Morgan fingerprint density at radius 3 is 2.38 bits per heavy atom. The molecule has 1 aliphatic heterocycles. The molecule has 1 fully saturated rings. The van der Waals surface area contributed by atoms with Gasteiger partial charge in [-0.2, -0.15) is 0 Å². The monoisotopic (exact) mass is 398 g/mol. The van der Waals surface area contributed by atoms with Crippen LogP contribution >= 0.6 is 0 Å². The normalized spacial score (nSPS) is 15.0. The summed E-state index contributed by atoms with van der Waals surface area (Å²) in [6.07, 6.45) is 1.49. The largest absolute Gasteiger partial charge is 0.493 e. The van der Waals surface area contributed by atoms with E-state index in [1.165, 1.54) is 31.9 Å². The molecule has 2 aromatic carbocycles. The highest BCUT2D eigenvalue weighted by molar-refractivity contribution is 5.97. The van der Waals surface area contributed by atoms with Crippen molar-refractivity contribution in [2.75, 3.05) is 32.6 Å². The fourth-order valence-electron chi connectivity index (χ4n) is 3.61. The number of nitrogens with one attached hydrogen (secondary N) is 1. The predicted octanol–water partition coefficient (Wildman–Crippen LogP) is 3.25. The SMILES string of the molecule is COc1cc(C(=O)O)cc(NC(=O)C2CCN(Cc3ccccc3)CC2)c1OC. The van der Waals surface area contributed by atoms with E-state index < -0.39 is 5.97 Å². The second kappa shape index (κ2) is 9.43. The summed E-state index contributed by atoms with van der Waals surface area (Å²) in [7, 11) is 2.88. The third-order valence-corrected chi connectivity index (χ3v) is 5.19. The average Bonchev–Trinajstić information content (AvgIpc) is 2.74. The number of amides is 1. The van der Waals surface area contributed by atoms with E-state index in [0.717, 1.165) is 32.5 Å². The second-order valence-corrected chi connectivity index (χ2v) is 7.09. The lowest BCUT2D eigenvalue weighted by molar-refractivity contribution is -0.121. The van der Waals surface area contributed by atoms with Gasteiger partial charge in [-0.1, -0.05) is 30.3 Å². The van der Waals surface area contributed by atoms with Gasteiger partial charge in [0.25, 0.3) is 0 Å². The second-order valence-electron chi connectivity index (χ2n) is 7.09. The predicted molar refractivity (Wildman–Crippen MR) is 110 cm³/mol. The highest BCUT2D eigenvalue weighted by Crippen LogP contribution is 2.37. The molecule has 29 heavy (non-hydrogen) atoms. The van der Waals surface area contributed by atoms with Gasteiger partial charge in [0.15, 0.2) is 11.5 Å². The number of ether oxygens (including phenoxy) is 2. The average molecular weight is 398 g/mol. The van der Waals surface area contributed by atoms with Crippen molar-refractivity contribution in [2.45, 2.75) is 19.4 Å². The topological polar surface area (TPSA) is 88.1 Å². The Morgan fingerprint density at radius 1 is 1.10 bits per heavy atom. The number of methoxy groups -OCH3 is 2. The Bertz CT molecular complexity index is 861. The number of carboxylic acid groups (broad SMARTS) is 1. The molecule has 7 heteroatoms. The number of carbonyl (C=O) groups is 2. The van der Waals surface area contributed by atoms with Gasteiger partial charge < -0.3 is 19.9 Å². The van der Waals surface area contributed by atoms with E-state index in [0.29, 0.717) is 11.4 Å². The Balaban J connectivity index is 1.65. The van der Waals surface area contributed by atoms with Gasteiger partial charge in [0.2, 0.25) is 5.91 Å². The molecule has 1 aliphatic rings. The van der Waals surface area contributed by atoms with Gasteiger partial charge in [-0.25, -0.2) is 4.79 Å². The van der Waals surface area contributed by atoms with Crippen molar-refractivity contribution >= 4 is 17.6 Å². The number of anilines is 1. The zero-order valence-electron chi connectivity index (χ0n) is 16.7. The molecular weight excluding hydrogens is 372 g/mol. The molecule has 0 aliphatic carbocycles. The van der Waals surface area contributed by atoms with Gasteiger partial charge in [0.1, 0.15) is 0 Å². The number of carbonyl (C=O) groups excluding carboxylic acids is 1. The summed E-state index contributed by atoms with van der Waals surface area (Å²) in [4.78, 5) is 26.5. The number of benzene rings is 2. The maximum atomic E-state index is 12.8. The van der Waals surface area contributed by atoms with E-state index in [4.69, 9.17) is 9.47 Å². The molecule has 1 amide bonds. The molecular formula is C22H26N2O5. The first-order valence-corrected chi connectivity index (χ1v) is 9.58. The van der Waals surface area contributed by atoms with Crippen LogP contribution in [0.25, 0.3) is 0 Å². The summed E-state index contributed by atoms with van der Waals surface area (Å²) in [5, 5.41) is 12.2. The minimum Gasteiger partial charge on any atom is -0.493 e. The van der Waals surface area contributed by atoms with Gasteiger partial charge in [-0.3, -0.25) is 9.69 Å². The number of hydrogen-bond acceptors (Lipinski definition) is 5. The Kier molecular flexibility index (Phi) is 6.72. The van der Waals surface area contributed by atoms with Crippen molar-refractivity contribution in [1.82, 2.24) is 4.90 Å². The fraction of sp³-hybridized carbons (Fsp3) is 0.364. The van der Waals surface area contributed by atoms with Crippen molar-refractivity contribution in [3.8, 4) is 11.5 Å². The van der Waals surface area contributed by atoms with Crippen molar-refractivity contribution in [3.05, 3.63) is 53.6 Å². The van der Waals surface area contributed by atoms with Crippen LogP contribution in [-0.4, -0.2) is 49.2 Å². The van der Waals surface area contributed by atoms with Crippen LogP contribution in [0.5, 0.6) is 11.5 Å². The third kappa shape index (κ3) is 5.06. The van der Waals surface area contributed by atoms with Crippen LogP contribution < -0.4 is 14.8 Å². The summed E-state index contributed by atoms with van der Waals surface area (Å²) >= 11 is 0. The number of carboxylic acids is 1. The van der Waals surface area contributed by atoms with E-state index in [2.05, 4.69) is 22.3 Å². The van der Waals surface area contributed by atoms with E-state index in [1.807, 2.05) is 18.2 Å². The smallest absolute Gasteiger partial charge is 0.335 e. The first kappa shape index (κ1) is 20.7. The molecule has 7 nitrogen and oxygen atoms in total. The molecule has 2 aromatic rings. The fourth-order valence-corrected chi connectivity index (χ4v) is 3.61. The minimum absolute atomic E-state index is 0.0237. The zero-order valence-corrected chi connectivity index (χ0v) is 16.7. The molecule has 154 valence electrons. The maximum Gasteiger partial charge on any atom is 0.335 e. The van der Waals surface area contributed by atoms with Crippen LogP contribution in [0, 0.1) is 5.92 Å². The number of likely N-dealkylation sites (tertiary alicyclic amines) is 1. The van der Waals surface area contributed by atoms with Crippen LogP contribution in [0.15, 0.2) is 42.5 Å². The molecule has 2 N–H and O–H groups in total. The molecule has 0 radical (unpaired) electrons. The summed E-state index contributed by atoms with van der Waals surface area (Å²) in [5.41, 5.74) is 1.59. The Labute approximate surface area is 170 Å². The van der Waals surface area contributed by atoms with E-state index in [9.17, 15) is 14.7 Å². The summed E-state index contributed by atoms with van der Waals surface area (Å²) < 4.78 is 10.6. The Hall–Kier alpha value is -3.06. The number of piperidine rings is 1. The van der Waals surface area contributed by atoms with Gasteiger partial charge in [0, 0.05) is 12.5 Å². The molecule has 1 heterocycles. The molecule has 0 atom stereocenters. The van der Waals surface area contributed by atoms with Gasteiger partial charge in [0.05, 0.1) is 25.5 Å². The highest BCUT2D eigenvalue weighted by atomic mass is 16.5. The molecule has 3 rings (SSSR count). The summed E-state index contributed by atoms with van der Waals surface area (Å²) in [6, 6.07) is 13.0. The highest BCUT2D eigenvalue weighted by Gasteiger charge is 2.26. The molecule has 1 saturated heterocycles. The van der Waals surface area contributed by atoms with E-state index in [-0.39, 0.29) is 23.1 Å². The van der Waals surface area contributed by atoms with Crippen LogP contribution in [0.3, 0.4) is 0 Å². The first-order valence-electron chi connectivity index (χ1n) is 9.58.